The molecule has 1 unspecified atom stereocenters. The van der Waals surface area contributed by atoms with Crippen LogP contribution in [-0.2, 0) is 17.8 Å². The van der Waals surface area contributed by atoms with Gasteiger partial charge in [0.25, 0.3) is 0 Å². The second-order valence-corrected chi connectivity index (χ2v) is 4.73. The fourth-order valence-electron chi connectivity index (χ4n) is 2.25. The second kappa shape index (κ2) is 5.93. The Morgan fingerprint density at radius 2 is 2.37 bits per heavy atom. The van der Waals surface area contributed by atoms with Crippen LogP contribution in [-0.4, -0.2) is 30.8 Å². The van der Waals surface area contributed by atoms with Crippen LogP contribution in [0.2, 0.25) is 0 Å². The molecule has 1 aromatic carbocycles. The first kappa shape index (κ1) is 13.7. The molecule has 0 radical (unpaired) electrons. The summed E-state index contributed by atoms with van der Waals surface area (Å²) < 4.78 is 11.1. The van der Waals surface area contributed by atoms with Crippen LogP contribution in [0.3, 0.4) is 0 Å². The van der Waals surface area contributed by atoms with Gasteiger partial charge < -0.3 is 19.9 Å². The molecule has 2 N–H and O–H groups in total. The van der Waals surface area contributed by atoms with Crippen molar-refractivity contribution in [2.45, 2.75) is 32.4 Å². The molecule has 0 saturated carbocycles. The maximum Gasteiger partial charge on any atom is 0.304 e. The molecule has 19 heavy (non-hydrogen) atoms. The lowest BCUT2D eigenvalue weighted by Crippen LogP contribution is -2.18. The molecule has 1 aliphatic rings. The summed E-state index contributed by atoms with van der Waals surface area (Å²) in [5.41, 5.74) is 2.17. The minimum atomic E-state index is -0.798. The van der Waals surface area contributed by atoms with Gasteiger partial charge in [-0.1, -0.05) is 0 Å². The molecule has 0 bridgehead atoms. The first-order valence-corrected chi connectivity index (χ1v) is 6.39. The van der Waals surface area contributed by atoms with Gasteiger partial charge in [0.2, 0.25) is 0 Å². The number of carboxylic acids is 1. The van der Waals surface area contributed by atoms with E-state index in [0.717, 1.165) is 29.0 Å². The number of benzene rings is 1. The summed E-state index contributed by atoms with van der Waals surface area (Å²) in [5, 5.41) is 11.7. The molecule has 1 atom stereocenters. The van der Waals surface area contributed by atoms with Gasteiger partial charge >= 0.3 is 5.97 Å². The van der Waals surface area contributed by atoms with Crippen LogP contribution in [0.4, 0.5) is 0 Å². The number of hydrogen-bond acceptors (Lipinski definition) is 4. The Hall–Kier alpha value is -1.75. The Bertz CT molecular complexity index is 473. The fraction of sp³-hybridized carbons (Fsp3) is 0.500. The zero-order valence-corrected chi connectivity index (χ0v) is 11.2. The van der Waals surface area contributed by atoms with Crippen LogP contribution >= 0.6 is 0 Å². The van der Waals surface area contributed by atoms with E-state index in [2.05, 4.69) is 5.32 Å². The van der Waals surface area contributed by atoms with Crippen LogP contribution in [0.5, 0.6) is 11.5 Å². The third-order valence-corrected chi connectivity index (χ3v) is 3.11. The van der Waals surface area contributed by atoms with Gasteiger partial charge in [-0.2, -0.15) is 0 Å². The topological polar surface area (TPSA) is 67.8 Å². The Balaban J connectivity index is 2.07. The monoisotopic (exact) mass is 265 g/mol. The molecule has 5 nitrogen and oxygen atoms in total. The smallest absolute Gasteiger partial charge is 0.304 e. The lowest BCUT2D eigenvalue weighted by molar-refractivity contribution is -0.136. The number of aliphatic carboxylic acids is 1. The van der Waals surface area contributed by atoms with Gasteiger partial charge in [-0.3, -0.25) is 4.79 Å². The number of ether oxygens (including phenoxy) is 2. The summed E-state index contributed by atoms with van der Waals surface area (Å²) in [6.45, 7) is 3.06. The Morgan fingerprint density at radius 3 is 3.05 bits per heavy atom. The molecule has 2 rings (SSSR count). The van der Waals surface area contributed by atoms with Crippen molar-refractivity contribution in [3.8, 4) is 11.5 Å². The number of fused-ring (bicyclic) bond motifs is 1. The molecular weight excluding hydrogens is 246 g/mol. The van der Waals surface area contributed by atoms with E-state index in [-0.39, 0.29) is 12.5 Å². The lowest BCUT2D eigenvalue weighted by Gasteiger charge is -2.12. The SMILES string of the molecule is COc1cc(CNCCC(=O)O)c2c(c1)CC(C)O2. The van der Waals surface area contributed by atoms with Crippen LogP contribution in [0.1, 0.15) is 24.5 Å². The molecule has 0 aromatic heterocycles. The van der Waals surface area contributed by atoms with Crippen LogP contribution in [0.25, 0.3) is 0 Å². The molecule has 0 fully saturated rings. The van der Waals surface area contributed by atoms with Gasteiger partial charge in [0.15, 0.2) is 0 Å². The number of carboxylic acid groups (broad SMARTS) is 1. The summed E-state index contributed by atoms with van der Waals surface area (Å²) in [7, 11) is 1.64. The zero-order valence-electron chi connectivity index (χ0n) is 11.2. The number of hydrogen-bond donors (Lipinski definition) is 2. The molecule has 0 amide bonds. The summed E-state index contributed by atoms with van der Waals surface area (Å²) in [6, 6.07) is 3.93. The van der Waals surface area contributed by atoms with Crippen molar-refractivity contribution in [2.24, 2.45) is 0 Å². The predicted molar refractivity (Wildman–Crippen MR) is 70.7 cm³/mol. The van der Waals surface area contributed by atoms with E-state index < -0.39 is 5.97 Å². The summed E-state index contributed by atoms with van der Waals surface area (Å²) in [6.07, 6.45) is 1.18. The highest BCUT2D eigenvalue weighted by Crippen LogP contribution is 2.36. The van der Waals surface area contributed by atoms with Gasteiger partial charge in [-0.15, -0.1) is 0 Å². The zero-order chi connectivity index (χ0) is 13.8. The van der Waals surface area contributed by atoms with E-state index in [4.69, 9.17) is 14.6 Å². The van der Waals surface area contributed by atoms with E-state index in [1.165, 1.54) is 0 Å². The van der Waals surface area contributed by atoms with Gasteiger partial charge in [0, 0.05) is 30.6 Å². The highest BCUT2D eigenvalue weighted by Gasteiger charge is 2.23. The normalized spacial score (nSPS) is 16.8. The van der Waals surface area contributed by atoms with Crippen LogP contribution < -0.4 is 14.8 Å². The number of carbonyl (C=O) groups is 1. The Labute approximate surface area is 112 Å². The maximum absolute atomic E-state index is 10.5. The van der Waals surface area contributed by atoms with Crippen LogP contribution in [0.15, 0.2) is 12.1 Å². The molecule has 5 heteroatoms. The predicted octanol–water partition coefficient (Wildman–Crippen LogP) is 1.58. The van der Waals surface area contributed by atoms with Crippen molar-refractivity contribution < 1.29 is 19.4 Å². The highest BCUT2D eigenvalue weighted by atomic mass is 16.5. The molecule has 104 valence electrons. The average Bonchev–Trinajstić information content (AvgIpc) is 2.74. The molecule has 1 aromatic rings. The van der Waals surface area contributed by atoms with E-state index in [9.17, 15) is 4.79 Å². The van der Waals surface area contributed by atoms with E-state index >= 15 is 0 Å². The average molecular weight is 265 g/mol. The number of methoxy groups -OCH3 is 1. The minimum absolute atomic E-state index is 0.115. The third kappa shape index (κ3) is 3.38. The number of rotatable bonds is 6. The Morgan fingerprint density at radius 1 is 1.58 bits per heavy atom. The van der Waals surface area contributed by atoms with Gasteiger partial charge in [-0.05, 0) is 19.1 Å². The Kier molecular flexibility index (Phi) is 4.27. The highest BCUT2D eigenvalue weighted by molar-refractivity contribution is 5.66. The van der Waals surface area contributed by atoms with Crippen molar-refractivity contribution in [1.29, 1.82) is 0 Å². The largest absolute Gasteiger partial charge is 0.497 e. The minimum Gasteiger partial charge on any atom is -0.497 e. The van der Waals surface area contributed by atoms with Crippen molar-refractivity contribution >= 4 is 5.97 Å². The maximum atomic E-state index is 10.5. The van der Waals surface area contributed by atoms with E-state index in [1.807, 2.05) is 19.1 Å². The number of nitrogens with one attached hydrogen (secondary N) is 1. The third-order valence-electron chi connectivity index (χ3n) is 3.11. The van der Waals surface area contributed by atoms with Crippen molar-refractivity contribution in [1.82, 2.24) is 5.32 Å². The second-order valence-electron chi connectivity index (χ2n) is 4.73. The first-order chi connectivity index (χ1) is 9.10. The summed E-state index contributed by atoms with van der Waals surface area (Å²) in [5.74, 6) is 0.927. The molecule has 1 heterocycles. The molecule has 0 spiro atoms. The first-order valence-electron chi connectivity index (χ1n) is 6.39. The van der Waals surface area contributed by atoms with E-state index in [0.29, 0.717) is 13.1 Å². The van der Waals surface area contributed by atoms with Gasteiger partial charge in [0.05, 0.1) is 13.5 Å². The van der Waals surface area contributed by atoms with E-state index in [1.54, 1.807) is 7.11 Å². The van der Waals surface area contributed by atoms with Crippen LogP contribution in [0, 0.1) is 0 Å². The molecular formula is C14H19NO4. The molecule has 1 aliphatic heterocycles. The molecule has 0 aliphatic carbocycles. The lowest BCUT2D eigenvalue weighted by atomic mass is 10.1. The standard InChI is InChI=1S/C14H19NO4/c1-9-5-10-6-12(18-2)7-11(14(10)19-9)8-15-4-3-13(16)17/h6-7,9,15H,3-5,8H2,1-2H3,(H,16,17). The van der Waals surface area contributed by atoms with Crippen molar-refractivity contribution in [3.63, 3.8) is 0 Å². The van der Waals surface area contributed by atoms with Crippen molar-refractivity contribution in [3.05, 3.63) is 23.3 Å². The summed E-state index contributed by atoms with van der Waals surface area (Å²) in [4.78, 5) is 10.5. The summed E-state index contributed by atoms with van der Waals surface area (Å²) >= 11 is 0. The quantitative estimate of drug-likeness (QED) is 0.764. The molecule has 0 saturated heterocycles. The van der Waals surface area contributed by atoms with Gasteiger partial charge in [0.1, 0.15) is 17.6 Å². The van der Waals surface area contributed by atoms with Gasteiger partial charge in [-0.25, -0.2) is 0 Å². The fourth-order valence-corrected chi connectivity index (χ4v) is 2.25. The van der Waals surface area contributed by atoms with Crippen molar-refractivity contribution in [2.75, 3.05) is 13.7 Å².